The minimum atomic E-state index is -1.16. The lowest BCUT2D eigenvalue weighted by molar-refractivity contribution is -0.142. The van der Waals surface area contributed by atoms with Gasteiger partial charge < -0.3 is 37.5 Å². The molecule has 0 bridgehead atoms. The number of rotatable bonds is 14. The van der Waals surface area contributed by atoms with Crippen LogP contribution in [0.15, 0.2) is 12.5 Å². The number of aliphatic carboxylic acids is 1. The van der Waals surface area contributed by atoms with E-state index in [1.807, 2.05) is 0 Å². The Morgan fingerprint density at radius 2 is 1.75 bits per heavy atom. The van der Waals surface area contributed by atoms with Gasteiger partial charge in [0.05, 0.1) is 12.4 Å². The topological polar surface area (TPSA) is 205 Å². The van der Waals surface area contributed by atoms with Crippen molar-refractivity contribution in [2.45, 2.75) is 70.6 Å². The van der Waals surface area contributed by atoms with Crippen molar-refractivity contribution in [2.24, 2.45) is 17.4 Å². The number of nitrogens with two attached hydrogens (primary N) is 2. The first-order valence-electron chi connectivity index (χ1n) is 10.6. The van der Waals surface area contributed by atoms with Crippen LogP contribution < -0.4 is 27.4 Å². The standard InChI is InChI=1S/C20H35N7O5/c1-11(2)16(19(30)26-15(20(31)32)6-4-5-7-21)27-17(28)12(3)25-18(29)14(22)8-13-9-23-10-24-13/h9-12,14-16H,4-8,21-22H2,1-3H3,(H,23,24)(H,25,29)(H,26,30)(H,27,28)(H,31,32). The van der Waals surface area contributed by atoms with Crippen LogP contribution in [0.5, 0.6) is 0 Å². The summed E-state index contributed by atoms with van der Waals surface area (Å²) in [6.07, 6.45) is 4.67. The smallest absolute Gasteiger partial charge is 0.326 e. The van der Waals surface area contributed by atoms with Gasteiger partial charge in [0, 0.05) is 18.3 Å². The van der Waals surface area contributed by atoms with E-state index in [2.05, 4.69) is 25.9 Å². The molecular weight excluding hydrogens is 418 g/mol. The molecule has 0 aliphatic carbocycles. The van der Waals surface area contributed by atoms with E-state index in [1.54, 1.807) is 20.0 Å². The fourth-order valence-electron chi connectivity index (χ4n) is 2.94. The van der Waals surface area contributed by atoms with Gasteiger partial charge in [0.2, 0.25) is 17.7 Å². The molecule has 1 rings (SSSR count). The summed E-state index contributed by atoms with van der Waals surface area (Å²) in [7, 11) is 0. The van der Waals surface area contributed by atoms with Crippen molar-refractivity contribution in [1.29, 1.82) is 0 Å². The average molecular weight is 454 g/mol. The zero-order valence-corrected chi connectivity index (χ0v) is 18.8. The third kappa shape index (κ3) is 9.02. The second-order valence-electron chi connectivity index (χ2n) is 8.03. The summed E-state index contributed by atoms with van der Waals surface area (Å²) in [6.45, 7) is 5.34. The number of nitrogens with zero attached hydrogens (tertiary/aromatic N) is 1. The molecule has 180 valence electrons. The van der Waals surface area contributed by atoms with Crippen LogP contribution in [0.1, 0.15) is 45.7 Å². The van der Waals surface area contributed by atoms with Crippen LogP contribution in [0.2, 0.25) is 0 Å². The number of hydrogen-bond acceptors (Lipinski definition) is 7. The summed E-state index contributed by atoms with van der Waals surface area (Å²) in [5.74, 6) is -3.20. The number of imidazole rings is 1. The monoisotopic (exact) mass is 453 g/mol. The van der Waals surface area contributed by atoms with Crippen LogP contribution >= 0.6 is 0 Å². The molecule has 32 heavy (non-hydrogen) atoms. The molecule has 12 heteroatoms. The molecule has 4 atom stereocenters. The van der Waals surface area contributed by atoms with E-state index in [4.69, 9.17) is 11.5 Å². The summed E-state index contributed by atoms with van der Waals surface area (Å²) < 4.78 is 0. The van der Waals surface area contributed by atoms with Crippen LogP contribution in [0.4, 0.5) is 0 Å². The van der Waals surface area contributed by atoms with Crippen molar-refractivity contribution >= 4 is 23.7 Å². The molecule has 0 saturated carbocycles. The van der Waals surface area contributed by atoms with Gasteiger partial charge in [-0.25, -0.2) is 9.78 Å². The summed E-state index contributed by atoms with van der Waals surface area (Å²) in [4.78, 5) is 55.7. The van der Waals surface area contributed by atoms with E-state index < -0.39 is 47.9 Å². The molecule has 1 aromatic rings. The minimum absolute atomic E-state index is 0.220. The van der Waals surface area contributed by atoms with Crippen LogP contribution in [-0.2, 0) is 25.6 Å². The zero-order chi connectivity index (χ0) is 24.3. The van der Waals surface area contributed by atoms with Crippen LogP contribution in [0, 0.1) is 5.92 Å². The van der Waals surface area contributed by atoms with Gasteiger partial charge in [-0.3, -0.25) is 14.4 Å². The number of amides is 3. The first-order chi connectivity index (χ1) is 15.1. The highest BCUT2D eigenvalue weighted by atomic mass is 16.4. The largest absolute Gasteiger partial charge is 0.480 e. The first-order valence-corrected chi connectivity index (χ1v) is 10.6. The molecule has 1 heterocycles. The number of carboxylic acid groups (broad SMARTS) is 1. The summed E-state index contributed by atoms with van der Waals surface area (Å²) in [5, 5.41) is 16.9. The van der Waals surface area contributed by atoms with E-state index in [1.165, 1.54) is 13.3 Å². The van der Waals surface area contributed by atoms with Gasteiger partial charge in [-0.15, -0.1) is 0 Å². The number of unbranched alkanes of at least 4 members (excludes halogenated alkanes) is 1. The Morgan fingerprint density at radius 3 is 2.28 bits per heavy atom. The molecule has 0 aliphatic rings. The maximum atomic E-state index is 12.7. The van der Waals surface area contributed by atoms with Gasteiger partial charge in [0.15, 0.2) is 0 Å². The molecule has 4 unspecified atom stereocenters. The van der Waals surface area contributed by atoms with Crippen molar-refractivity contribution in [2.75, 3.05) is 6.54 Å². The normalized spacial score (nSPS) is 14.8. The molecule has 12 nitrogen and oxygen atoms in total. The number of carbonyl (C=O) groups excluding carboxylic acids is 3. The lowest BCUT2D eigenvalue weighted by atomic mass is 10.0. The number of nitrogens with one attached hydrogen (secondary N) is 4. The second kappa shape index (κ2) is 13.4. The van der Waals surface area contributed by atoms with Gasteiger partial charge >= 0.3 is 5.97 Å². The second-order valence-corrected chi connectivity index (χ2v) is 8.03. The van der Waals surface area contributed by atoms with Gasteiger partial charge in [0.25, 0.3) is 0 Å². The lowest BCUT2D eigenvalue weighted by Crippen LogP contribution is -2.57. The van der Waals surface area contributed by atoms with E-state index in [9.17, 15) is 24.3 Å². The van der Waals surface area contributed by atoms with Gasteiger partial charge in [0.1, 0.15) is 18.1 Å². The molecule has 0 saturated heterocycles. The molecule has 0 aliphatic heterocycles. The Bertz CT molecular complexity index is 754. The Morgan fingerprint density at radius 1 is 1.06 bits per heavy atom. The SMILES string of the molecule is CC(NC(=O)C(N)Cc1cnc[nH]1)C(=O)NC(C(=O)NC(CCCCN)C(=O)O)C(C)C. The third-order valence-electron chi connectivity index (χ3n) is 4.89. The predicted molar refractivity (Wildman–Crippen MR) is 117 cm³/mol. The van der Waals surface area contributed by atoms with E-state index in [-0.39, 0.29) is 18.8 Å². The van der Waals surface area contributed by atoms with E-state index in [0.717, 1.165) is 0 Å². The predicted octanol–water partition coefficient (Wildman–Crippen LogP) is -1.38. The zero-order valence-electron chi connectivity index (χ0n) is 18.8. The number of carbonyl (C=O) groups is 4. The Labute approximate surface area is 187 Å². The fourth-order valence-corrected chi connectivity index (χ4v) is 2.94. The van der Waals surface area contributed by atoms with Crippen LogP contribution in [-0.4, -0.2) is 69.5 Å². The number of aromatic nitrogens is 2. The molecule has 9 N–H and O–H groups in total. The summed E-state index contributed by atoms with van der Waals surface area (Å²) in [6, 6.07) is -3.90. The molecule has 0 fully saturated rings. The molecule has 0 aromatic carbocycles. The highest BCUT2D eigenvalue weighted by molar-refractivity contribution is 5.94. The van der Waals surface area contributed by atoms with Crippen LogP contribution in [0.3, 0.4) is 0 Å². The molecule has 0 spiro atoms. The molecule has 1 aromatic heterocycles. The highest BCUT2D eigenvalue weighted by Gasteiger charge is 2.30. The number of carboxylic acids is 1. The van der Waals surface area contributed by atoms with Crippen molar-refractivity contribution in [1.82, 2.24) is 25.9 Å². The van der Waals surface area contributed by atoms with E-state index in [0.29, 0.717) is 25.1 Å². The lowest BCUT2D eigenvalue weighted by Gasteiger charge is -2.26. The van der Waals surface area contributed by atoms with Crippen molar-refractivity contribution < 1.29 is 24.3 Å². The molecular formula is C20H35N7O5. The Kier molecular flexibility index (Phi) is 11.3. The number of H-pyrrole nitrogens is 1. The van der Waals surface area contributed by atoms with Crippen molar-refractivity contribution in [3.63, 3.8) is 0 Å². The maximum absolute atomic E-state index is 12.7. The summed E-state index contributed by atoms with van der Waals surface area (Å²) >= 11 is 0. The van der Waals surface area contributed by atoms with Crippen LogP contribution in [0.25, 0.3) is 0 Å². The number of aromatic amines is 1. The van der Waals surface area contributed by atoms with E-state index >= 15 is 0 Å². The first kappa shape index (κ1) is 27.0. The maximum Gasteiger partial charge on any atom is 0.326 e. The Balaban J connectivity index is 2.66. The molecule has 3 amide bonds. The molecule has 0 radical (unpaired) electrons. The van der Waals surface area contributed by atoms with Crippen molar-refractivity contribution in [3.05, 3.63) is 18.2 Å². The number of hydrogen-bond donors (Lipinski definition) is 7. The third-order valence-corrected chi connectivity index (χ3v) is 4.89. The fraction of sp³-hybridized carbons (Fsp3) is 0.650. The van der Waals surface area contributed by atoms with Crippen molar-refractivity contribution in [3.8, 4) is 0 Å². The Hall–Kier alpha value is -2.99. The average Bonchev–Trinajstić information content (AvgIpc) is 3.23. The minimum Gasteiger partial charge on any atom is -0.480 e. The van der Waals surface area contributed by atoms with Gasteiger partial charge in [-0.05, 0) is 38.6 Å². The highest BCUT2D eigenvalue weighted by Crippen LogP contribution is 2.06. The summed E-state index contributed by atoms with van der Waals surface area (Å²) in [5.41, 5.74) is 12.0. The van der Waals surface area contributed by atoms with Gasteiger partial charge in [-0.1, -0.05) is 13.8 Å². The quantitative estimate of drug-likeness (QED) is 0.167. The van der Waals surface area contributed by atoms with Gasteiger partial charge in [-0.2, -0.15) is 0 Å².